The van der Waals surface area contributed by atoms with Gasteiger partial charge in [-0.1, -0.05) is 12.2 Å². The molecule has 0 atom stereocenters. The van der Waals surface area contributed by atoms with Crippen molar-refractivity contribution in [2.45, 2.75) is 19.8 Å². The zero-order valence-corrected chi connectivity index (χ0v) is 8.80. The predicted octanol–water partition coefficient (Wildman–Crippen LogP) is 0.726. The van der Waals surface area contributed by atoms with Crippen molar-refractivity contribution < 1.29 is 14.7 Å². The SMILES string of the molecule is C=C(C)CNC(=O)NCC1(C(=O)O)CC1. The van der Waals surface area contributed by atoms with Crippen molar-refractivity contribution >= 4 is 12.0 Å². The van der Waals surface area contributed by atoms with Crippen molar-refractivity contribution in [3.05, 3.63) is 12.2 Å². The summed E-state index contributed by atoms with van der Waals surface area (Å²) in [6, 6.07) is -0.342. The van der Waals surface area contributed by atoms with Gasteiger partial charge in [0.2, 0.25) is 0 Å². The summed E-state index contributed by atoms with van der Waals surface area (Å²) in [7, 11) is 0. The highest BCUT2D eigenvalue weighted by atomic mass is 16.4. The van der Waals surface area contributed by atoms with Crippen LogP contribution < -0.4 is 10.6 Å². The minimum Gasteiger partial charge on any atom is -0.481 e. The maximum absolute atomic E-state index is 11.2. The van der Waals surface area contributed by atoms with Crippen LogP contribution in [-0.2, 0) is 4.79 Å². The number of carboxylic acid groups (broad SMARTS) is 1. The third-order valence-electron chi connectivity index (χ3n) is 2.45. The third kappa shape index (κ3) is 3.27. The lowest BCUT2D eigenvalue weighted by Crippen LogP contribution is -2.41. The Hall–Kier alpha value is -1.52. The first-order chi connectivity index (χ1) is 6.96. The Balaban J connectivity index is 2.23. The lowest BCUT2D eigenvalue weighted by molar-refractivity contribution is -0.143. The van der Waals surface area contributed by atoms with Crippen molar-refractivity contribution in [1.29, 1.82) is 0 Å². The fourth-order valence-corrected chi connectivity index (χ4v) is 1.16. The molecule has 2 amide bonds. The fraction of sp³-hybridized carbons (Fsp3) is 0.600. The number of rotatable bonds is 5. The third-order valence-corrected chi connectivity index (χ3v) is 2.45. The second kappa shape index (κ2) is 4.33. The number of carbonyl (C=O) groups is 2. The smallest absolute Gasteiger partial charge is 0.315 e. The van der Waals surface area contributed by atoms with Gasteiger partial charge in [-0.2, -0.15) is 0 Å². The number of carbonyl (C=O) groups excluding carboxylic acids is 1. The Kier molecular flexibility index (Phi) is 3.34. The molecule has 1 rings (SSSR count). The average Bonchev–Trinajstić information content (AvgIpc) is 2.92. The van der Waals surface area contributed by atoms with E-state index in [4.69, 9.17) is 5.11 Å². The predicted molar refractivity (Wildman–Crippen MR) is 55.5 cm³/mol. The van der Waals surface area contributed by atoms with Gasteiger partial charge in [0.1, 0.15) is 0 Å². The van der Waals surface area contributed by atoms with Gasteiger partial charge in [-0.25, -0.2) is 4.79 Å². The molecule has 5 nitrogen and oxygen atoms in total. The summed E-state index contributed by atoms with van der Waals surface area (Å²) >= 11 is 0. The fourth-order valence-electron chi connectivity index (χ4n) is 1.16. The maximum Gasteiger partial charge on any atom is 0.315 e. The average molecular weight is 212 g/mol. The van der Waals surface area contributed by atoms with Crippen LogP contribution in [0.5, 0.6) is 0 Å². The molecule has 0 radical (unpaired) electrons. The summed E-state index contributed by atoms with van der Waals surface area (Å²) in [5.41, 5.74) is 0.144. The van der Waals surface area contributed by atoms with E-state index in [9.17, 15) is 9.59 Å². The molecular weight excluding hydrogens is 196 g/mol. The lowest BCUT2D eigenvalue weighted by Gasteiger charge is -2.11. The van der Waals surface area contributed by atoms with Crippen molar-refractivity contribution in [2.75, 3.05) is 13.1 Å². The summed E-state index contributed by atoms with van der Waals surface area (Å²) in [6.07, 6.45) is 1.28. The van der Waals surface area contributed by atoms with Crippen molar-refractivity contribution in [1.82, 2.24) is 10.6 Å². The zero-order chi connectivity index (χ0) is 11.5. The Morgan fingerprint density at radius 3 is 2.40 bits per heavy atom. The van der Waals surface area contributed by atoms with Gasteiger partial charge in [-0.15, -0.1) is 0 Å². The van der Waals surface area contributed by atoms with Crippen LogP contribution in [0.2, 0.25) is 0 Å². The summed E-state index contributed by atoms with van der Waals surface area (Å²) in [6.45, 7) is 6.05. The molecular formula is C10H16N2O3. The van der Waals surface area contributed by atoms with E-state index in [1.54, 1.807) is 6.92 Å². The van der Waals surface area contributed by atoms with E-state index in [1.165, 1.54) is 0 Å². The molecule has 0 bridgehead atoms. The van der Waals surface area contributed by atoms with Crippen molar-refractivity contribution in [3.8, 4) is 0 Å². The standard InChI is InChI=1S/C10H16N2O3/c1-7(2)5-11-9(15)12-6-10(3-4-10)8(13)14/h1,3-6H2,2H3,(H,13,14)(H2,11,12,15). The molecule has 3 N–H and O–H groups in total. The van der Waals surface area contributed by atoms with Crippen molar-refractivity contribution in [3.63, 3.8) is 0 Å². The molecule has 0 aromatic carbocycles. The molecule has 0 aromatic heterocycles. The molecule has 0 aromatic rings. The first kappa shape index (κ1) is 11.6. The van der Waals surface area contributed by atoms with Crippen LogP contribution in [0.4, 0.5) is 4.79 Å². The largest absolute Gasteiger partial charge is 0.481 e. The van der Waals surface area contributed by atoms with E-state index in [-0.39, 0.29) is 12.6 Å². The molecule has 0 unspecified atom stereocenters. The molecule has 0 aliphatic heterocycles. The van der Waals surface area contributed by atoms with Crippen molar-refractivity contribution in [2.24, 2.45) is 5.41 Å². The second-order valence-corrected chi connectivity index (χ2v) is 4.08. The van der Waals surface area contributed by atoms with E-state index < -0.39 is 11.4 Å². The van der Waals surface area contributed by atoms with E-state index in [0.717, 1.165) is 5.57 Å². The summed E-state index contributed by atoms with van der Waals surface area (Å²) in [5, 5.41) is 14.0. The summed E-state index contributed by atoms with van der Waals surface area (Å²) < 4.78 is 0. The van der Waals surface area contributed by atoms with Gasteiger partial charge in [0.25, 0.3) is 0 Å². The summed E-state index contributed by atoms with van der Waals surface area (Å²) in [4.78, 5) is 22.0. The van der Waals surface area contributed by atoms with E-state index in [0.29, 0.717) is 19.4 Å². The normalized spacial score (nSPS) is 16.6. The number of hydrogen-bond acceptors (Lipinski definition) is 2. The number of urea groups is 1. The van der Waals surface area contributed by atoms with Gasteiger partial charge in [0.15, 0.2) is 0 Å². The van der Waals surface area contributed by atoms with Gasteiger partial charge in [0.05, 0.1) is 5.41 Å². The van der Waals surface area contributed by atoms with Crippen LogP contribution in [-0.4, -0.2) is 30.2 Å². The number of aliphatic carboxylic acids is 1. The number of hydrogen-bond donors (Lipinski definition) is 3. The first-order valence-electron chi connectivity index (χ1n) is 4.86. The molecule has 1 aliphatic carbocycles. The molecule has 15 heavy (non-hydrogen) atoms. The Morgan fingerprint density at radius 2 is 2.00 bits per heavy atom. The molecule has 1 aliphatic rings. The lowest BCUT2D eigenvalue weighted by atomic mass is 10.1. The summed E-state index contributed by atoms with van der Waals surface area (Å²) in [5.74, 6) is -0.831. The van der Waals surface area contributed by atoms with Crippen LogP contribution in [0, 0.1) is 5.41 Å². The number of amides is 2. The molecule has 5 heteroatoms. The Morgan fingerprint density at radius 1 is 1.40 bits per heavy atom. The first-order valence-corrected chi connectivity index (χ1v) is 4.86. The minimum absolute atomic E-state index is 0.199. The zero-order valence-electron chi connectivity index (χ0n) is 8.80. The van der Waals surface area contributed by atoms with Crippen LogP contribution in [0.1, 0.15) is 19.8 Å². The topological polar surface area (TPSA) is 78.4 Å². The minimum atomic E-state index is -0.831. The highest BCUT2D eigenvalue weighted by molar-refractivity contribution is 5.80. The van der Waals surface area contributed by atoms with Gasteiger partial charge < -0.3 is 15.7 Å². The molecule has 84 valence electrons. The van der Waals surface area contributed by atoms with E-state index in [1.807, 2.05) is 0 Å². The van der Waals surface area contributed by atoms with Gasteiger partial charge in [-0.05, 0) is 19.8 Å². The van der Waals surface area contributed by atoms with Crippen LogP contribution in [0.15, 0.2) is 12.2 Å². The second-order valence-electron chi connectivity index (χ2n) is 4.08. The van der Waals surface area contributed by atoms with E-state index >= 15 is 0 Å². The molecule has 0 saturated heterocycles. The molecule has 0 heterocycles. The molecule has 0 spiro atoms. The molecule has 1 saturated carbocycles. The number of nitrogens with one attached hydrogen (secondary N) is 2. The van der Waals surface area contributed by atoms with Gasteiger partial charge in [0, 0.05) is 13.1 Å². The monoisotopic (exact) mass is 212 g/mol. The molecule has 1 fully saturated rings. The number of carboxylic acids is 1. The van der Waals surface area contributed by atoms with Crippen LogP contribution in [0.3, 0.4) is 0 Å². The quantitative estimate of drug-likeness (QED) is 0.588. The van der Waals surface area contributed by atoms with Crippen LogP contribution >= 0.6 is 0 Å². The van der Waals surface area contributed by atoms with Crippen LogP contribution in [0.25, 0.3) is 0 Å². The highest BCUT2D eigenvalue weighted by Crippen LogP contribution is 2.45. The Labute approximate surface area is 88.5 Å². The Bertz CT molecular complexity index is 295. The highest BCUT2D eigenvalue weighted by Gasteiger charge is 2.50. The van der Waals surface area contributed by atoms with E-state index in [2.05, 4.69) is 17.2 Å². The van der Waals surface area contributed by atoms with Gasteiger partial charge in [-0.3, -0.25) is 4.79 Å². The maximum atomic E-state index is 11.2. The van der Waals surface area contributed by atoms with Gasteiger partial charge >= 0.3 is 12.0 Å².